The van der Waals surface area contributed by atoms with Crippen molar-refractivity contribution < 1.29 is 4.79 Å². The minimum absolute atomic E-state index is 0.0376. The number of aromatic nitrogens is 3. The maximum absolute atomic E-state index is 11.9. The van der Waals surface area contributed by atoms with E-state index in [2.05, 4.69) is 15.5 Å². The van der Waals surface area contributed by atoms with Gasteiger partial charge in [0.25, 0.3) is 0 Å². The lowest BCUT2D eigenvalue weighted by atomic mass is 10.00. The van der Waals surface area contributed by atoms with Crippen molar-refractivity contribution in [2.45, 2.75) is 32.2 Å². The fourth-order valence-electron chi connectivity index (χ4n) is 1.74. The maximum atomic E-state index is 11.9. The second-order valence-electron chi connectivity index (χ2n) is 5.46. The third-order valence-electron chi connectivity index (χ3n) is 2.84. The van der Waals surface area contributed by atoms with Crippen LogP contribution in [0.4, 0.5) is 5.69 Å². The van der Waals surface area contributed by atoms with E-state index in [9.17, 15) is 4.79 Å². The number of benzene rings is 1. The van der Waals surface area contributed by atoms with Gasteiger partial charge < -0.3 is 11.1 Å². The lowest BCUT2D eigenvalue weighted by molar-refractivity contribution is -0.116. The summed E-state index contributed by atoms with van der Waals surface area (Å²) in [6.07, 6.45) is 4.26. The molecule has 2 rings (SSSR count). The Morgan fingerprint density at radius 2 is 2.05 bits per heavy atom. The summed E-state index contributed by atoms with van der Waals surface area (Å²) >= 11 is 0. The van der Waals surface area contributed by atoms with Crippen LogP contribution in [0.25, 0.3) is 5.69 Å². The molecule has 2 aromatic rings. The first kappa shape index (κ1) is 14.2. The monoisotopic (exact) mass is 273 g/mol. The molecule has 1 heterocycles. The van der Waals surface area contributed by atoms with Crippen molar-refractivity contribution in [3.05, 3.63) is 36.9 Å². The lowest BCUT2D eigenvalue weighted by Gasteiger charge is -2.17. The fourth-order valence-corrected chi connectivity index (χ4v) is 1.74. The third-order valence-corrected chi connectivity index (χ3v) is 2.84. The average Bonchev–Trinajstić information content (AvgIpc) is 2.90. The van der Waals surface area contributed by atoms with Crippen LogP contribution in [0.5, 0.6) is 0 Å². The van der Waals surface area contributed by atoms with Crippen molar-refractivity contribution >= 4 is 11.6 Å². The van der Waals surface area contributed by atoms with E-state index in [1.165, 1.54) is 0 Å². The molecule has 0 radical (unpaired) electrons. The number of amides is 1. The molecule has 6 heteroatoms. The summed E-state index contributed by atoms with van der Waals surface area (Å²) in [5.41, 5.74) is 7.18. The number of carbonyl (C=O) groups excluding carboxylic acids is 1. The van der Waals surface area contributed by atoms with Gasteiger partial charge in [0, 0.05) is 17.6 Å². The van der Waals surface area contributed by atoms with Crippen molar-refractivity contribution in [3.63, 3.8) is 0 Å². The molecule has 20 heavy (non-hydrogen) atoms. The molecular weight excluding hydrogens is 254 g/mol. The average molecular weight is 273 g/mol. The predicted octanol–water partition coefficient (Wildman–Crippen LogP) is 1.72. The summed E-state index contributed by atoms with van der Waals surface area (Å²) in [5.74, 6) is -0.0376. The van der Waals surface area contributed by atoms with Crippen LogP contribution in [-0.2, 0) is 4.79 Å². The second kappa shape index (κ2) is 5.83. The number of rotatable bonds is 5. The van der Waals surface area contributed by atoms with Crippen molar-refractivity contribution in [2.24, 2.45) is 5.73 Å². The van der Waals surface area contributed by atoms with Gasteiger partial charge in [0.2, 0.25) is 5.91 Å². The van der Waals surface area contributed by atoms with E-state index in [-0.39, 0.29) is 11.4 Å². The molecular formula is C14H19N5O. The summed E-state index contributed by atoms with van der Waals surface area (Å²) < 4.78 is 1.78. The molecule has 1 aromatic heterocycles. The molecule has 106 valence electrons. The van der Waals surface area contributed by atoms with Crippen LogP contribution in [0, 0.1) is 0 Å². The SMILES string of the molecule is CC(C)(N)CCC(=O)Nc1cccc(-n2cnnc2)c1. The van der Waals surface area contributed by atoms with Gasteiger partial charge in [-0.3, -0.25) is 9.36 Å². The van der Waals surface area contributed by atoms with Gasteiger partial charge in [-0.15, -0.1) is 10.2 Å². The smallest absolute Gasteiger partial charge is 0.224 e. The van der Waals surface area contributed by atoms with E-state index >= 15 is 0 Å². The Balaban J connectivity index is 2.00. The van der Waals surface area contributed by atoms with Gasteiger partial charge in [-0.25, -0.2) is 0 Å². The van der Waals surface area contributed by atoms with Crippen molar-refractivity contribution in [3.8, 4) is 5.69 Å². The Morgan fingerprint density at radius 3 is 2.70 bits per heavy atom. The summed E-state index contributed by atoms with van der Waals surface area (Å²) in [6.45, 7) is 3.82. The highest BCUT2D eigenvalue weighted by Gasteiger charge is 2.13. The molecule has 0 saturated heterocycles. The summed E-state index contributed by atoms with van der Waals surface area (Å²) in [5, 5.41) is 10.4. The Morgan fingerprint density at radius 1 is 1.35 bits per heavy atom. The third kappa shape index (κ3) is 4.17. The van der Waals surface area contributed by atoms with Gasteiger partial charge >= 0.3 is 0 Å². The van der Waals surface area contributed by atoms with Crippen LogP contribution >= 0.6 is 0 Å². The quantitative estimate of drug-likeness (QED) is 0.868. The molecule has 0 saturated carbocycles. The van der Waals surface area contributed by atoms with Crippen molar-refractivity contribution in [1.29, 1.82) is 0 Å². The molecule has 0 unspecified atom stereocenters. The largest absolute Gasteiger partial charge is 0.326 e. The minimum Gasteiger partial charge on any atom is -0.326 e. The molecule has 0 fully saturated rings. The standard InChI is InChI=1S/C14H19N5O/c1-14(2,15)7-6-13(20)18-11-4-3-5-12(8-11)19-9-16-17-10-19/h3-5,8-10H,6-7,15H2,1-2H3,(H,18,20). The first-order valence-electron chi connectivity index (χ1n) is 6.48. The van der Waals surface area contributed by atoms with Gasteiger partial charge in [-0.2, -0.15) is 0 Å². The molecule has 0 atom stereocenters. The van der Waals surface area contributed by atoms with Crippen molar-refractivity contribution in [2.75, 3.05) is 5.32 Å². The van der Waals surface area contributed by atoms with Gasteiger partial charge in [0.05, 0.1) is 5.69 Å². The zero-order valence-electron chi connectivity index (χ0n) is 11.7. The van der Waals surface area contributed by atoms with E-state index in [0.717, 1.165) is 11.4 Å². The Kier molecular flexibility index (Phi) is 4.14. The lowest BCUT2D eigenvalue weighted by Crippen LogP contribution is -2.33. The van der Waals surface area contributed by atoms with Crippen LogP contribution in [0.3, 0.4) is 0 Å². The topological polar surface area (TPSA) is 85.8 Å². The Hall–Kier alpha value is -2.21. The molecule has 1 amide bonds. The first-order valence-corrected chi connectivity index (χ1v) is 6.48. The number of anilines is 1. The molecule has 0 aliphatic heterocycles. The minimum atomic E-state index is -0.332. The second-order valence-corrected chi connectivity index (χ2v) is 5.46. The van der Waals surface area contributed by atoms with E-state index in [1.54, 1.807) is 17.2 Å². The van der Waals surface area contributed by atoms with E-state index in [1.807, 2.05) is 38.1 Å². The normalized spacial score (nSPS) is 11.3. The van der Waals surface area contributed by atoms with E-state index in [4.69, 9.17) is 5.73 Å². The molecule has 3 N–H and O–H groups in total. The molecule has 0 aliphatic rings. The predicted molar refractivity (Wildman–Crippen MR) is 77.5 cm³/mol. The highest BCUT2D eigenvalue weighted by atomic mass is 16.1. The number of carbonyl (C=O) groups is 1. The number of hydrogen-bond acceptors (Lipinski definition) is 4. The number of nitrogens with zero attached hydrogens (tertiary/aromatic N) is 3. The molecule has 6 nitrogen and oxygen atoms in total. The van der Waals surface area contributed by atoms with E-state index in [0.29, 0.717) is 12.8 Å². The first-order chi connectivity index (χ1) is 9.44. The van der Waals surface area contributed by atoms with Gasteiger partial charge in [-0.1, -0.05) is 6.07 Å². The summed E-state index contributed by atoms with van der Waals surface area (Å²) in [7, 11) is 0. The van der Waals surface area contributed by atoms with Crippen LogP contribution in [0.2, 0.25) is 0 Å². The van der Waals surface area contributed by atoms with Crippen LogP contribution in [-0.4, -0.2) is 26.2 Å². The summed E-state index contributed by atoms with van der Waals surface area (Å²) in [4.78, 5) is 11.9. The van der Waals surface area contributed by atoms with Crippen molar-refractivity contribution in [1.82, 2.24) is 14.8 Å². The number of nitrogens with two attached hydrogens (primary N) is 1. The van der Waals surface area contributed by atoms with Crippen LogP contribution < -0.4 is 11.1 Å². The Bertz CT molecular complexity index is 572. The molecule has 0 bridgehead atoms. The van der Waals surface area contributed by atoms with Crippen LogP contribution in [0.1, 0.15) is 26.7 Å². The highest BCUT2D eigenvalue weighted by Crippen LogP contribution is 2.15. The van der Waals surface area contributed by atoms with Gasteiger partial charge in [0.15, 0.2) is 0 Å². The summed E-state index contributed by atoms with van der Waals surface area (Å²) in [6, 6.07) is 7.51. The van der Waals surface area contributed by atoms with E-state index < -0.39 is 0 Å². The van der Waals surface area contributed by atoms with Gasteiger partial charge in [-0.05, 0) is 38.5 Å². The molecule has 0 aliphatic carbocycles. The van der Waals surface area contributed by atoms with Crippen LogP contribution in [0.15, 0.2) is 36.9 Å². The zero-order chi connectivity index (χ0) is 14.6. The van der Waals surface area contributed by atoms with Gasteiger partial charge in [0.1, 0.15) is 12.7 Å². The fraction of sp³-hybridized carbons (Fsp3) is 0.357. The Labute approximate surface area is 118 Å². The highest BCUT2D eigenvalue weighted by molar-refractivity contribution is 5.91. The number of nitrogens with one attached hydrogen (secondary N) is 1. The maximum Gasteiger partial charge on any atom is 0.224 e. The number of hydrogen-bond donors (Lipinski definition) is 2. The molecule has 1 aromatic carbocycles. The molecule has 0 spiro atoms. The zero-order valence-corrected chi connectivity index (χ0v) is 11.7.